The molecule has 0 unspecified atom stereocenters. The molecule has 1 aromatic rings. The average Bonchev–Trinajstić information content (AvgIpc) is 2.56. The Morgan fingerprint density at radius 3 is 2.52 bits per heavy atom. The third kappa shape index (κ3) is 4.46. The summed E-state index contributed by atoms with van der Waals surface area (Å²) in [6.07, 6.45) is 0. The quantitative estimate of drug-likeness (QED) is 0.502. The minimum Gasteiger partial charge on any atom is -0.500 e. The van der Waals surface area contributed by atoms with Crippen LogP contribution in [0.2, 0.25) is 0 Å². The lowest BCUT2D eigenvalue weighted by Gasteiger charge is -2.38. The second-order valence-electron chi connectivity index (χ2n) is 5.46. The molecule has 11 heteroatoms. The second kappa shape index (κ2) is 8.56. The standard InChI is InChI=1S/C14H19F2N3O5.ClH/c1-24-11-7-9(6-10(12(11)21)19(22)23)13(14(15,16)8-20)18-4-2-17-3-5-18;/h6-7,13,17,20-21H,2-5,8H2,1H3;1H/t13-;/m1./s1. The number of nitro benzene ring substituents is 1. The number of benzene rings is 1. The number of ether oxygens (including phenoxy) is 1. The van der Waals surface area contributed by atoms with E-state index in [1.165, 1.54) is 12.0 Å². The summed E-state index contributed by atoms with van der Waals surface area (Å²) in [6.45, 7) is 0.137. The lowest BCUT2D eigenvalue weighted by Crippen LogP contribution is -2.51. The predicted octanol–water partition coefficient (Wildman–Crippen LogP) is 1.30. The van der Waals surface area contributed by atoms with Gasteiger partial charge in [-0.2, -0.15) is 0 Å². The molecule has 0 aromatic heterocycles. The Hall–Kier alpha value is -1.75. The van der Waals surface area contributed by atoms with Crippen LogP contribution in [0.4, 0.5) is 14.5 Å². The summed E-state index contributed by atoms with van der Waals surface area (Å²) in [7, 11) is 1.17. The second-order valence-corrected chi connectivity index (χ2v) is 5.46. The maximum absolute atomic E-state index is 14.4. The Kier molecular flexibility index (Phi) is 7.29. The van der Waals surface area contributed by atoms with Crippen LogP contribution in [-0.4, -0.2) is 65.9 Å². The number of aromatic hydroxyl groups is 1. The van der Waals surface area contributed by atoms with E-state index in [0.717, 1.165) is 12.1 Å². The summed E-state index contributed by atoms with van der Waals surface area (Å²) in [4.78, 5) is 11.7. The van der Waals surface area contributed by atoms with Gasteiger partial charge in [0.25, 0.3) is 5.92 Å². The van der Waals surface area contributed by atoms with E-state index in [2.05, 4.69) is 5.32 Å². The van der Waals surface area contributed by atoms with E-state index in [0.29, 0.717) is 13.1 Å². The molecule has 0 radical (unpaired) electrons. The highest BCUT2D eigenvalue weighted by Gasteiger charge is 2.45. The van der Waals surface area contributed by atoms with Crippen molar-refractivity contribution < 1.29 is 28.7 Å². The molecule has 25 heavy (non-hydrogen) atoms. The first kappa shape index (κ1) is 21.3. The molecule has 1 aromatic carbocycles. The fraction of sp³-hybridized carbons (Fsp3) is 0.571. The topological polar surface area (TPSA) is 108 Å². The first-order valence-corrected chi connectivity index (χ1v) is 7.30. The Labute approximate surface area is 148 Å². The number of methoxy groups -OCH3 is 1. The number of piperazine rings is 1. The van der Waals surface area contributed by atoms with Gasteiger partial charge in [-0.1, -0.05) is 0 Å². The Morgan fingerprint density at radius 1 is 1.44 bits per heavy atom. The molecule has 1 aliphatic heterocycles. The number of nitrogens with zero attached hydrogens (tertiary/aromatic N) is 2. The van der Waals surface area contributed by atoms with Crippen molar-refractivity contribution in [1.29, 1.82) is 0 Å². The van der Waals surface area contributed by atoms with E-state index in [1.54, 1.807) is 0 Å². The van der Waals surface area contributed by atoms with Gasteiger partial charge in [-0.25, -0.2) is 8.78 Å². The number of alkyl halides is 2. The van der Waals surface area contributed by atoms with Gasteiger partial charge in [-0.05, 0) is 11.6 Å². The molecule has 1 fully saturated rings. The smallest absolute Gasteiger partial charge is 0.314 e. The largest absolute Gasteiger partial charge is 0.500 e. The number of halogens is 3. The molecule has 0 spiro atoms. The third-order valence-electron chi connectivity index (χ3n) is 3.94. The molecule has 1 saturated heterocycles. The molecule has 8 nitrogen and oxygen atoms in total. The molecule has 0 bridgehead atoms. The SMILES string of the molecule is COc1cc([C@@H](N2CCNCC2)C(F)(F)CO)cc([N+](=O)[O-])c1O.Cl. The van der Waals surface area contributed by atoms with Gasteiger partial charge in [0.2, 0.25) is 5.75 Å². The minimum atomic E-state index is -3.52. The summed E-state index contributed by atoms with van der Waals surface area (Å²) >= 11 is 0. The van der Waals surface area contributed by atoms with Gasteiger partial charge in [-0.3, -0.25) is 15.0 Å². The van der Waals surface area contributed by atoms with Gasteiger partial charge in [0.15, 0.2) is 5.75 Å². The highest BCUT2D eigenvalue weighted by Crippen LogP contribution is 2.43. The number of hydrogen-bond acceptors (Lipinski definition) is 7. The Bertz CT molecular complexity index is 614. The van der Waals surface area contributed by atoms with Crippen LogP contribution < -0.4 is 10.1 Å². The zero-order chi connectivity index (χ0) is 17.9. The molecule has 0 aliphatic carbocycles. The average molecular weight is 384 g/mol. The predicted molar refractivity (Wildman–Crippen MR) is 87.8 cm³/mol. The molecular formula is C14H20ClF2N3O5. The minimum absolute atomic E-state index is 0. The van der Waals surface area contributed by atoms with Crippen LogP contribution in [0.25, 0.3) is 0 Å². The van der Waals surface area contributed by atoms with Gasteiger partial charge >= 0.3 is 5.69 Å². The molecule has 2 rings (SSSR count). The van der Waals surface area contributed by atoms with Crippen LogP contribution in [0.1, 0.15) is 11.6 Å². The zero-order valence-corrected chi connectivity index (χ0v) is 14.3. The number of aliphatic hydroxyl groups excluding tert-OH is 1. The first-order valence-electron chi connectivity index (χ1n) is 7.30. The van der Waals surface area contributed by atoms with Crippen molar-refractivity contribution in [3.63, 3.8) is 0 Å². The van der Waals surface area contributed by atoms with Crippen LogP contribution in [0, 0.1) is 10.1 Å². The lowest BCUT2D eigenvalue weighted by atomic mass is 9.97. The van der Waals surface area contributed by atoms with Crippen LogP contribution >= 0.6 is 12.4 Å². The van der Waals surface area contributed by atoms with Crippen molar-refractivity contribution >= 4 is 18.1 Å². The van der Waals surface area contributed by atoms with Crippen molar-refractivity contribution in [2.24, 2.45) is 0 Å². The highest BCUT2D eigenvalue weighted by atomic mass is 35.5. The van der Waals surface area contributed by atoms with Crippen molar-refractivity contribution in [3.8, 4) is 11.5 Å². The van der Waals surface area contributed by atoms with Gasteiger partial charge < -0.3 is 20.3 Å². The number of phenols is 1. The summed E-state index contributed by atoms with van der Waals surface area (Å²) in [6, 6.07) is 0.463. The zero-order valence-electron chi connectivity index (χ0n) is 13.4. The van der Waals surface area contributed by atoms with Gasteiger partial charge in [0.1, 0.15) is 12.6 Å². The fourth-order valence-electron chi connectivity index (χ4n) is 2.82. The Morgan fingerprint density at radius 2 is 2.04 bits per heavy atom. The number of phenolic OH excluding ortho intramolecular Hbond substituents is 1. The summed E-state index contributed by atoms with van der Waals surface area (Å²) in [5.74, 6) is -4.52. The normalized spacial score (nSPS) is 16.8. The van der Waals surface area contributed by atoms with Gasteiger partial charge in [0, 0.05) is 32.2 Å². The summed E-state index contributed by atoms with van der Waals surface area (Å²) in [5.41, 5.74) is -0.824. The van der Waals surface area contributed by atoms with E-state index in [1.807, 2.05) is 0 Å². The van der Waals surface area contributed by atoms with Crippen molar-refractivity contribution in [1.82, 2.24) is 10.2 Å². The lowest BCUT2D eigenvalue weighted by molar-refractivity contribution is -0.386. The summed E-state index contributed by atoms with van der Waals surface area (Å²) < 4.78 is 33.6. The van der Waals surface area contributed by atoms with Crippen molar-refractivity contribution in [2.45, 2.75) is 12.0 Å². The van der Waals surface area contributed by atoms with Crippen LogP contribution in [0.15, 0.2) is 12.1 Å². The molecule has 1 atom stereocenters. The Balaban J connectivity index is 0.00000312. The van der Waals surface area contributed by atoms with Gasteiger partial charge in [0.05, 0.1) is 12.0 Å². The number of aliphatic hydroxyl groups is 1. The third-order valence-corrected chi connectivity index (χ3v) is 3.94. The number of rotatable bonds is 6. The van der Waals surface area contributed by atoms with E-state index < -0.39 is 34.9 Å². The molecular weight excluding hydrogens is 364 g/mol. The number of hydrogen-bond donors (Lipinski definition) is 3. The van der Waals surface area contributed by atoms with Gasteiger partial charge in [-0.15, -0.1) is 12.4 Å². The van der Waals surface area contributed by atoms with E-state index in [9.17, 15) is 24.0 Å². The maximum Gasteiger partial charge on any atom is 0.314 e. The fourth-order valence-corrected chi connectivity index (χ4v) is 2.82. The van der Waals surface area contributed by atoms with Crippen LogP contribution in [-0.2, 0) is 0 Å². The van der Waals surface area contributed by atoms with Crippen LogP contribution in [0.5, 0.6) is 11.5 Å². The molecule has 1 heterocycles. The number of nitrogens with one attached hydrogen (secondary N) is 1. The maximum atomic E-state index is 14.4. The van der Waals surface area contributed by atoms with E-state index in [4.69, 9.17) is 9.84 Å². The molecule has 142 valence electrons. The van der Waals surface area contributed by atoms with Crippen molar-refractivity contribution in [3.05, 3.63) is 27.8 Å². The molecule has 1 aliphatic rings. The monoisotopic (exact) mass is 383 g/mol. The summed E-state index contributed by atoms with van der Waals surface area (Å²) in [5, 5.41) is 33.0. The molecule has 0 saturated carbocycles. The molecule has 0 amide bonds. The van der Waals surface area contributed by atoms with E-state index in [-0.39, 0.29) is 36.8 Å². The van der Waals surface area contributed by atoms with Crippen LogP contribution in [0.3, 0.4) is 0 Å². The van der Waals surface area contributed by atoms with Crippen molar-refractivity contribution in [2.75, 3.05) is 39.9 Å². The first-order chi connectivity index (χ1) is 11.3. The number of nitro groups is 1. The molecule has 3 N–H and O–H groups in total. The highest BCUT2D eigenvalue weighted by molar-refractivity contribution is 5.85. The van der Waals surface area contributed by atoms with E-state index >= 15 is 0 Å².